The van der Waals surface area contributed by atoms with Crippen LogP contribution < -0.4 is 15.6 Å². The van der Waals surface area contributed by atoms with Crippen molar-refractivity contribution in [2.24, 2.45) is 0 Å². The number of hydrogen-bond donors (Lipinski definition) is 1. The fourth-order valence-electron chi connectivity index (χ4n) is 2.81. The molecule has 3 aromatic heterocycles. The smallest absolute Gasteiger partial charge is 0.262 e. The number of benzene rings is 1. The molecule has 1 aromatic carbocycles. The Morgan fingerprint density at radius 1 is 1.22 bits per heavy atom. The van der Waals surface area contributed by atoms with Crippen LogP contribution in [0.5, 0.6) is 5.75 Å². The summed E-state index contributed by atoms with van der Waals surface area (Å²) in [6, 6.07) is 8.67. The number of carbonyl (C=O) groups is 1. The van der Waals surface area contributed by atoms with E-state index in [-0.39, 0.29) is 18.0 Å². The highest BCUT2D eigenvalue weighted by Gasteiger charge is 2.12. The average Bonchev–Trinajstić information content (AvgIpc) is 3.05. The van der Waals surface area contributed by atoms with Crippen LogP contribution in [0.1, 0.15) is 5.82 Å². The second-order valence-corrected chi connectivity index (χ2v) is 5.95. The number of pyridine rings is 1. The summed E-state index contributed by atoms with van der Waals surface area (Å²) in [5.74, 6) is 1.38. The Hall–Kier alpha value is -3.75. The normalized spacial score (nSPS) is 11.0. The van der Waals surface area contributed by atoms with E-state index in [1.807, 2.05) is 0 Å². The molecule has 9 heteroatoms. The molecule has 0 spiro atoms. The van der Waals surface area contributed by atoms with Gasteiger partial charge in [0.05, 0.1) is 18.0 Å². The van der Waals surface area contributed by atoms with Gasteiger partial charge in [0.15, 0.2) is 0 Å². The number of amides is 1. The predicted octanol–water partition coefficient (Wildman–Crippen LogP) is 1.39. The molecule has 0 unspecified atom stereocenters. The largest absolute Gasteiger partial charge is 0.497 e. The number of nitrogens with zero attached hydrogens (tertiary/aromatic N) is 5. The van der Waals surface area contributed by atoms with E-state index < -0.39 is 0 Å². The highest BCUT2D eigenvalue weighted by atomic mass is 16.5. The minimum absolute atomic E-state index is 0.116. The molecule has 27 heavy (non-hydrogen) atoms. The third-order valence-corrected chi connectivity index (χ3v) is 4.10. The number of anilines is 1. The molecule has 1 amide bonds. The lowest BCUT2D eigenvalue weighted by Crippen LogP contribution is -2.27. The molecule has 0 atom stereocenters. The third kappa shape index (κ3) is 3.10. The molecular weight excluding hydrogens is 348 g/mol. The predicted molar refractivity (Wildman–Crippen MR) is 98.9 cm³/mol. The summed E-state index contributed by atoms with van der Waals surface area (Å²) in [5, 5.41) is 7.37. The first-order chi connectivity index (χ1) is 13.0. The monoisotopic (exact) mass is 364 g/mol. The number of rotatable bonds is 4. The Labute approximate surface area is 153 Å². The van der Waals surface area contributed by atoms with Crippen LogP contribution in [0, 0.1) is 6.92 Å². The first-order valence-electron chi connectivity index (χ1n) is 8.20. The zero-order valence-electron chi connectivity index (χ0n) is 14.7. The van der Waals surface area contributed by atoms with Crippen LogP contribution in [0.2, 0.25) is 0 Å². The van der Waals surface area contributed by atoms with E-state index in [1.165, 1.54) is 15.3 Å². The van der Waals surface area contributed by atoms with Gasteiger partial charge in [0.1, 0.15) is 18.1 Å². The fraction of sp³-hybridized carbons (Fsp3) is 0.167. The first-order valence-corrected chi connectivity index (χ1v) is 8.20. The van der Waals surface area contributed by atoms with Crippen LogP contribution in [0.25, 0.3) is 16.7 Å². The molecule has 3 heterocycles. The first kappa shape index (κ1) is 16.7. The molecular formula is C18H16N6O3. The number of nitrogens with one attached hydrogen (secondary N) is 1. The second kappa shape index (κ2) is 6.52. The average molecular weight is 364 g/mol. The fourth-order valence-corrected chi connectivity index (χ4v) is 2.81. The maximum absolute atomic E-state index is 12.7. The van der Waals surface area contributed by atoms with Gasteiger partial charge in [0, 0.05) is 18.1 Å². The second-order valence-electron chi connectivity index (χ2n) is 5.95. The molecule has 0 aliphatic carbocycles. The summed E-state index contributed by atoms with van der Waals surface area (Å²) >= 11 is 0. The number of fused-ring (bicyclic) bond motifs is 3. The van der Waals surface area contributed by atoms with E-state index in [0.29, 0.717) is 33.9 Å². The highest BCUT2D eigenvalue weighted by molar-refractivity contribution is 5.90. The van der Waals surface area contributed by atoms with Gasteiger partial charge in [-0.15, -0.1) is 5.10 Å². The lowest BCUT2D eigenvalue weighted by molar-refractivity contribution is -0.116. The van der Waals surface area contributed by atoms with Crippen LogP contribution in [0.4, 0.5) is 5.69 Å². The number of methoxy groups -OCH3 is 1. The van der Waals surface area contributed by atoms with Crippen molar-refractivity contribution in [3.8, 4) is 5.75 Å². The molecule has 4 aromatic rings. The van der Waals surface area contributed by atoms with Crippen LogP contribution in [-0.2, 0) is 11.3 Å². The lowest BCUT2D eigenvalue weighted by atomic mass is 10.3. The minimum Gasteiger partial charge on any atom is -0.497 e. The van der Waals surface area contributed by atoms with Crippen LogP contribution in [0.15, 0.2) is 47.5 Å². The number of carbonyl (C=O) groups excluding carboxylic acids is 1. The maximum Gasteiger partial charge on any atom is 0.262 e. The van der Waals surface area contributed by atoms with E-state index in [9.17, 15) is 9.59 Å². The van der Waals surface area contributed by atoms with Crippen molar-refractivity contribution in [1.82, 2.24) is 24.1 Å². The molecule has 0 aliphatic heterocycles. The van der Waals surface area contributed by atoms with Crippen LogP contribution >= 0.6 is 0 Å². The van der Waals surface area contributed by atoms with Crippen LogP contribution in [-0.4, -0.2) is 37.2 Å². The van der Waals surface area contributed by atoms with Crippen molar-refractivity contribution in [3.05, 3.63) is 58.9 Å². The number of aryl methyl sites for hydroxylation is 1. The van der Waals surface area contributed by atoms with Gasteiger partial charge >= 0.3 is 0 Å². The van der Waals surface area contributed by atoms with Gasteiger partial charge in [0.25, 0.3) is 11.3 Å². The molecule has 0 aliphatic rings. The molecule has 9 nitrogen and oxygen atoms in total. The van der Waals surface area contributed by atoms with Gasteiger partial charge < -0.3 is 14.6 Å². The van der Waals surface area contributed by atoms with E-state index in [2.05, 4.69) is 20.4 Å². The molecule has 4 rings (SSSR count). The summed E-state index contributed by atoms with van der Waals surface area (Å²) in [6.45, 7) is 1.64. The van der Waals surface area contributed by atoms with Gasteiger partial charge in [0.2, 0.25) is 5.91 Å². The minimum atomic E-state index is -0.320. The highest BCUT2D eigenvalue weighted by Crippen LogP contribution is 2.15. The summed E-state index contributed by atoms with van der Waals surface area (Å²) in [7, 11) is 1.57. The molecule has 0 saturated carbocycles. The molecule has 0 bridgehead atoms. The zero-order chi connectivity index (χ0) is 19.0. The zero-order valence-corrected chi connectivity index (χ0v) is 14.7. The van der Waals surface area contributed by atoms with Crippen molar-refractivity contribution >= 4 is 28.3 Å². The summed E-state index contributed by atoms with van der Waals surface area (Å²) < 4.78 is 7.94. The molecule has 0 saturated heterocycles. The third-order valence-electron chi connectivity index (χ3n) is 4.10. The van der Waals surface area contributed by atoms with Crippen molar-refractivity contribution < 1.29 is 9.53 Å². The quantitative estimate of drug-likeness (QED) is 0.587. The Morgan fingerprint density at radius 2 is 2.00 bits per heavy atom. The molecule has 0 fully saturated rings. The Morgan fingerprint density at radius 3 is 2.74 bits per heavy atom. The van der Waals surface area contributed by atoms with Gasteiger partial charge in [-0.3, -0.25) is 9.59 Å². The van der Waals surface area contributed by atoms with Gasteiger partial charge in [-0.1, -0.05) is 0 Å². The number of aromatic nitrogens is 5. The van der Waals surface area contributed by atoms with Gasteiger partial charge in [-0.05, 0) is 37.3 Å². The summed E-state index contributed by atoms with van der Waals surface area (Å²) in [6.07, 6.45) is 3.02. The SMILES string of the molecule is COc1ccc(NC(=O)Cn2ccc3c(cnc4nc(C)nn43)c2=O)cc1. The van der Waals surface area contributed by atoms with E-state index in [0.717, 1.165) is 0 Å². The molecule has 136 valence electrons. The van der Waals surface area contributed by atoms with Crippen molar-refractivity contribution in [1.29, 1.82) is 0 Å². The van der Waals surface area contributed by atoms with Gasteiger partial charge in [-0.2, -0.15) is 9.50 Å². The van der Waals surface area contributed by atoms with Crippen LogP contribution in [0.3, 0.4) is 0 Å². The molecule has 1 N–H and O–H groups in total. The Balaban J connectivity index is 1.61. The van der Waals surface area contributed by atoms with Crippen molar-refractivity contribution in [3.63, 3.8) is 0 Å². The Bertz CT molecular complexity index is 1210. The number of hydrogen-bond acceptors (Lipinski definition) is 6. The Kier molecular flexibility index (Phi) is 4.03. The topological polar surface area (TPSA) is 103 Å². The summed E-state index contributed by atoms with van der Waals surface area (Å²) in [4.78, 5) is 33.4. The maximum atomic E-state index is 12.7. The van der Waals surface area contributed by atoms with E-state index in [1.54, 1.807) is 50.6 Å². The lowest BCUT2D eigenvalue weighted by Gasteiger charge is -2.09. The standard InChI is InChI=1S/C18H16N6O3/c1-11-20-18-19-9-14-15(24(18)22-11)7-8-23(17(14)26)10-16(25)21-12-3-5-13(27-2)6-4-12/h3-9H,10H2,1-2H3,(H,21,25). The molecule has 0 radical (unpaired) electrons. The van der Waals surface area contributed by atoms with E-state index >= 15 is 0 Å². The van der Waals surface area contributed by atoms with Gasteiger partial charge in [-0.25, -0.2) is 4.98 Å². The summed E-state index contributed by atoms with van der Waals surface area (Å²) in [5.41, 5.74) is 0.897. The van der Waals surface area contributed by atoms with E-state index in [4.69, 9.17) is 4.74 Å². The van der Waals surface area contributed by atoms with Crippen molar-refractivity contribution in [2.75, 3.05) is 12.4 Å². The number of ether oxygens (including phenoxy) is 1. The van der Waals surface area contributed by atoms with Crippen molar-refractivity contribution in [2.45, 2.75) is 13.5 Å².